The molecule has 3 unspecified atom stereocenters. The number of unbranched alkanes of at least 4 members (excludes halogenated alkanes) is 20. The van der Waals surface area contributed by atoms with E-state index in [1.807, 2.05) is 6.08 Å². The molecule has 0 radical (unpaired) electrons. The van der Waals surface area contributed by atoms with Gasteiger partial charge < -0.3 is 20.6 Å². The number of hydrogen-bond acceptors (Lipinski definition) is 4. The molecule has 5 nitrogen and oxygen atoms in total. The van der Waals surface area contributed by atoms with Crippen molar-refractivity contribution < 1.29 is 20.1 Å². The van der Waals surface area contributed by atoms with Crippen molar-refractivity contribution in [3.05, 3.63) is 48.6 Å². The van der Waals surface area contributed by atoms with Crippen LogP contribution in [0.5, 0.6) is 0 Å². The molecular formula is C41H75NO4. The topological polar surface area (TPSA) is 89.8 Å². The monoisotopic (exact) mass is 646 g/mol. The molecule has 0 aliphatic heterocycles. The summed E-state index contributed by atoms with van der Waals surface area (Å²) in [7, 11) is 0. The second-order valence-electron chi connectivity index (χ2n) is 13.1. The highest BCUT2D eigenvalue weighted by Gasteiger charge is 2.22. The first kappa shape index (κ1) is 44.3. The first-order valence-corrected chi connectivity index (χ1v) is 19.5. The first-order chi connectivity index (χ1) is 22.6. The molecule has 0 aliphatic rings. The number of aliphatic hydroxyl groups excluding tert-OH is 3. The predicted molar refractivity (Wildman–Crippen MR) is 199 cm³/mol. The van der Waals surface area contributed by atoms with Gasteiger partial charge in [-0.15, -0.1) is 0 Å². The van der Waals surface area contributed by atoms with Crippen molar-refractivity contribution in [2.75, 3.05) is 6.61 Å². The number of amides is 1. The van der Waals surface area contributed by atoms with E-state index in [-0.39, 0.29) is 6.61 Å². The minimum absolute atomic E-state index is 0.386. The molecule has 0 rings (SSSR count). The minimum atomic E-state index is -1.12. The van der Waals surface area contributed by atoms with E-state index in [4.69, 9.17) is 0 Å². The first-order valence-electron chi connectivity index (χ1n) is 19.5. The molecule has 0 aliphatic carbocycles. The third kappa shape index (κ3) is 30.9. The van der Waals surface area contributed by atoms with Gasteiger partial charge in [0, 0.05) is 0 Å². The van der Waals surface area contributed by atoms with E-state index in [0.29, 0.717) is 6.42 Å². The van der Waals surface area contributed by atoms with Crippen LogP contribution in [0.15, 0.2) is 48.6 Å². The van der Waals surface area contributed by atoms with Gasteiger partial charge >= 0.3 is 0 Å². The highest BCUT2D eigenvalue weighted by atomic mass is 16.3. The van der Waals surface area contributed by atoms with Crippen LogP contribution in [0, 0.1) is 0 Å². The molecule has 1 amide bonds. The Balaban J connectivity index is 3.83. The standard InChI is InChI=1S/C41H75NO4/c1-3-5-7-9-11-13-15-17-19-20-22-24-26-28-30-32-34-36-40(45)41(46)42-38(37-43)39(44)35-33-31-29-27-25-23-21-18-16-14-12-10-8-6-4-2/h16,18,22,24-25,27,33,35,38-40,43-45H,3-15,17,19-21,23,26,28-32,34,36-37H2,1-2H3,(H,42,46)/b18-16+,24-22-,27-25+,35-33+. The second kappa shape index (κ2) is 36.2. The Morgan fingerprint density at radius 1 is 0.522 bits per heavy atom. The Bertz CT molecular complexity index is 760. The third-order valence-corrected chi connectivity index (χ3v) is 8.62. The summed E-state index contributed by atoms with van der Waals surface area (Å²) in [5.74, 6) is -0.528. The van der Waals surface area contributed by atoms with Crippen molar-refractivity contribution in [3.8, 4) is 0 Å². The number of carbonyl (C=O) groups excluding carboxylic acids is 1. The molecule has 268 valence electrons. The molecule has 3 atom stereocenters. The summed E-state index contributed by atoms with van der Waals surface area (Å²) in [4.78, 5) is 12.4. The largest absolute Gasteiger partial charge is 0.394 e. The van der Waals surface area contributed by atoms with Crippen LogP contribution >= 0.6 is 0 Å². The van der Waals surface area contributed by atoms with Gasteiger partial charge in [0.25, 0.3) is 0 Å². The smallest absolute Gasteiger partial charge is 0.249 e. The van der Waals surface area contributed by atoms with Crippen LogP contribution in [0.1, 0.15) is 181 Å². The minimum Gasteiger partial charge on any atom is -0.394 e. The lowest BCUT2D eigenvalue weighted by molar-refractivity contribution is -0.131. The number of carbonyl (C=O) groups is 1. The zero-order chi connectivity index (χ0) is 33.8. The molecule has 0 aromatic carbocycles. The highest BCUT2D eigenvalue weighted by molar-refractivity contribution is 5.80. The Labute approximate surface area is 285 Å². The molecule has 0 saturated carbocycles. The number of nitrogens with one attached hydrogen (secondary N) is 1. The molecule has 0 spiro atoms. The molecule has 0 fully saturated rings. The van der Waals surface area contributed by atoms with Crippen LogP contribution in [0.2, 0.25) is 0 Å². The van der Waals surface area contributed by atoms with Crippen LogP contribution < -0.4 is 5.32 Å². The summed E-state index contributed by atoms with van der Waals surface area (Å²) in [6.45, 7) is 4.13. The average molecular weight is 646 g/mol. The summed E-state index contributed by atoms with van der Waals surface area (Å²) in [6.07, 6.45) is 45.5. The summed E-state index contributed by atoms with van der Waals surface area (Å²) < 4.78 is 0. The van der Waals surface area contributed by atoms with Crippen molar-refractivity contribution in [1.29, 1.82) is 0 Å². The van der Waals surface area contributed by atoms with Crippen molar-refractivity contribution in [3.63, 3.8) is 0 Å². The van der Waals surface area contributed by atoms with Crippen LogP contribution in [0.25, 0.3) is 0 Å². The number of rotatable bonds is 34. The van der Waals surface area contributed by atoms with Gasteiger partial charge in [-0.3, -0.25) is 4.79 Å². The van der Waals surface area contributed by atoms with Gasteiger partial charge in [-0.05, 0) is 70.6 Å². The molecule has 0 aromatic heterocycles. The Morgan fingerprint density at radius 2 is 0.891 bits per heavy atom. The Hall–Kier alpha value is -1.69. The zero-order valence-corrected chi connectivity index (χ0v) is 30.2. The van der Waals surface area contributed by atoms with E-state index < -0.39 is 24.2 Å². The summed E-state index contributed by atoms with van der Waals surface area (Å²) in [5, 5.41) is 32.9. The van der Waals surface area contributed by atoms with Crippen molar-refractivity contribution in [2.24, 2.45) is 0 Å². The van der Waals surface area contributed by atoms with Crippen LogP contribution in [-0.2, 0) is 4.79 Å². The van der Waals surface area contributed by atoms with Gasteiger partial charge in [0.1, 0.15) is 6.10 Å². The van der Waals surface area contributed by atoms with Crippen LogP contribution in [0.4, 0.5) is 0 Å². The lowest BCUT2D eigenvalue weighted by atomic mass is 10.1. The number of aliphatic hydroxyl groups is 3. The van der Waals surface area contributed by atoms with Gasteiger partial charge in [0.15, 0.2) is 0 Å². The highest BCUT2D eigenvalue weighted by Crippen LogP contribution is 2.12. The van der Waals surface area contributed by atoms with Gasteiger partial charge in [0.05, 0.1) is 18.8 Å². The molecule has 0 aromatic rings. The van der Waals surface area contributed by atoms with E-state index in [2.05, 4.69) is 55.6 Å². The zero-order valence-electron chi connectivity index (χ0n) is 30.2. The Morgan fingerprint density at radius 3 is 1.33 bits per heavy atom. The van der Waals surface area contributed by atoms with E-state index in [1.165, 1.54) is 103 Å². The summed E-state index contributed by atoms with van der Waals surface area (Å²) >= 11 is 0. The molecular weight excluding hydrogens is 570 g/mol. The SMILES string of the molecule is CCCCCCC/C=C/CC/C=C/CC/C=C/C(O)C(CO)NC(=O)C(O)CCCCCC/C=C\CCCCCCCCCCC. The molecule has 0 heterocycles. The van der Waals surface area contributed by atoms with Gasteiger partial charge in [0.2, 0.25) is 5.91 Å². The number of allylic oxidation sites excluding steroid dienone is 7. The lowest BCUT2D eigenvalue weighted by Crippen LogP contribution is -2.48. The second-order valence-corrected chi connectivity index (χ2v) is 13.1. The van der Waals surface area contributed by atoms with Crippen LogP contribution in [0.3, 0.4) is 0 Å². The molecule has 0 bridgehead atoms. The fourth-order valence-electron chi connectivity index (χ4n) is 5.50. The molecule has 0 saturated heterocycles. The maximum Gasteiger partial charge on any atom is 0.249 e. The van der Waals surface area contributed by atoms with Crippen LogP contribution in [-0.4, -0.2) is 46.1 Å². The van der Waals surface area contributed by atoms with Crippen molar-refractivity contribution >= 4 is 5.91 Å². The summed E-state index contributed by atoms with van der Waals surface area (Å²) in [5.41, 5.74) is 0. The van der Waals surface area contributed by atoms with E-state index >= 15 is 0 Å². The fraction of sp³-hybridized carbons (Fsp3) is 0.780. The normalized spacial score (nSPS) is 14.3. The maximum absolute atomic E-state index is 12.4. The predicted octanol–water partition coefficient (Wildman–Crippen LogP) is 10.6. The average Bonchev–Trinajstić information content (AvgIpc) is 3.06. The van der Waals surface area contributed by atoms with Crippen molar-refractivity contribution in [1.82, 2.24) is 5.32 Å². The molecule has 4 N–H and O–H groups in total. The van der Waals surface area contributed by atoms with E-state index in [0.717, 1.165) is 57.8 Å². The van der Waals surface area contributed by atoms with Gasteiger partial charge in [-0.25, -0.2) is 0 Å². The molecule has 46 heavy (non-hydrogen) atoms. The molecule has 5 heteroatoms. The van der Waals surface area contributed by atoms with E-state index in [1.54, 1.807) is 6.08 Å². The Kier molecular flexibility index (Phi) is 34.8. The lowest BCUT2D eigenvalue weighted by Gasteiger charge is -2.21. The maximum atomic E-state index is 12.4. The van der Waals surface area contributed by atoms with Gasteiger partial charge in [-0.2, -0.15) is 0 Å². The fourth-order valence-corrected chi connectivity index (χ4v) is 5.50. The number of hydrogen-bond donors (Lipinski definition) is 4. The quantitative estimate of drug-likeness (QED) is 0.0414. The third-order valence-electron chi connectivity index (χ3n) is 8.62. The van der Waals surface area contributed by atoms with E-state index in [9.17, 15) is 20.1 Å². The van der Waals surface area contributed by atoms with Crippen molar-refractivity contribution in [2.45, 2.75) is 199 Å². The summed E-state index contributed by atoms with van der Waals surface area (Å²) in [6, 6.07) is -0.824. The van der Waals surface area contributed by atoms with Gasteiger partial charge in [-0.1, -0.05) is 159 Å².